The summed E-state index contributed by atoms with van der Waals surface area (Å²) >= 11 is 0. The average Bonchev–Trinajstić information content (AvgIpc) is 3.23. The molecule has 0 aliphatic carbocycles. The number of nitrogens with zero attached hydrogens (tertiary/aromatic N) is 6. The molecule has 2 aromatic heterocycles. The number of anilines is 3. The lowest BCUT2D eigenvalue weighted by Crippen LogP contribution is -2.58. The van der Waals surface area contributed by atoms with Crippen LogP contribution in [0.2, 0.25) is 0 Å². The normalized spacial score (nSPS) is 23.5. The van der Waals surface area contributed by atoms with E-state index in [0.717, 1.165) is 19.3 Å². The van der Waals surface area contributed by atoms with Gasteiger partial charge in [-0.3, -0.25) is 0 Å². The summed E-state index contributed by atoms with van der Waals surface area (Å²) in [5, 5.41) is 7.57. The monoisotopic (exact) mass is 591 g/mol. The lowest BCUT2D eigenvalue weighted by atomic mass is 9.83. The number of rotatable bonds is 8. The summed E-state index contributed by atoms with van der Waals surface area (Å²) < 4.78 is 45.5. The third-order valence-electron chi connectivity index (χ3n) is 7.73. The minimum atomic E-state index is -3.27. The van der Waals surface area contributed by atoms with Crippen molar-refractivity contribution in [1.82, 2.24) is 24.1 Å². The lowest BCUT2D eigenvalue weighted by Gasteiger charge is -2.49. The standard InChI is InChI=1S/C27H41N7O6S/c1-7-41(36,37)34-18-9-8-10-19(34)13-20(12-18)32(6)25-29-22(14-24(30-25)39-21-15-38-16-21)28-23-11-17(2)33(31-23)26(35)40-27(3,4)5/h11,14,18-21H,7-10,12-13,15-16H2,1-6H3,(H,28,29,30,31)/t18-,19+,20-. The summed E-state index contributed by atoms with van der Waals surface area (Å²) in [6.07, 6.45) is 3.51. The van der Waals surface area contributed by atoms with Gasteiger partial charge in [-0.25, -0.2) is 13.2 Å². The quantitative estimate of drug-likeness (QED) is 0.482. The van der Waals surface area contributed by atoms with E-state index in [1.807, 2.05) is 11.9 Å². The number of aromatic nitrogens is 4. The zero-order chi connectivity index (χ0) is 29.5. The van der Waals surface area contributed by atoms with Crippen LogP contribution in [0.1, 0.15) is 65.5 Å². The van der Waals surface area contributed by atoms with Crippen LogP contribution in [-0.2, 0) is 19.5 Å². The van der Waals surface area contributed by atoms with Gasteiger partial charge in [-0.05, 0) is 60.3 Å². The molecule has 5 rings (SSSR count). The molecular formula is C27H41N7O6S. The van der Waals surface area contributed by atoms with E-state index in [2.05, 4.69) is 10.4 Å². The molecule has 5 heterocycles. The van der Waals surface area contributed by atoms with Crippen molar-refractivity contribution in [3.63, 3.8) is 0 Å². The fraction of sp³-hybridized carbons (Fsp3) is 0.704. The Hall–Kier alpha value is -2.97. The highest BCUT2D eigenvalue weighted by atomic mass is 32.2. The number of hydrogen-bond acceptors (Lipinski definition) is 11. The SMILES string of the molecule is CCS(=O)(=O)N1[C@@H]2CCC[C@H]1C[C@H](N(C)c1nc(Nc3cc(C)n(C(=O)OC(C)(C)C)n3)cc(OC3COC3)n1)C2. The van der Waals surface area contributed by atoms with Crippen LogP contribution in [0.4, 0.5) is 22.4 Å². The predicted octanol–water partition coefficient (Wildman–Crippen LogP) is 3.46. The topological polar surface area (TPSA) is 141 Å². The fourth-order valence-electron chi connectivity index (χ4n) is 5.70. The molecule has 14 heteroatoms. The smallest absolute Gasteiger partial charge is 0.435 e. The molecule has 3 atom stereocenters. The maximum absolute atomic E-state index is 12.9. The van der Waals surface area contributed by atoms with Crippen LogP contribution in [0.3, 0.4) is 0 Å². The van der Waals surface area contributed by atoms with Gasteiger partial charge in [0.05, 0.1) is 19.0 Å². The molecule has 3 aliphatic heterocycles. The second kappa shape index (κ2) is 11.4. The summed E-state index contributed by atoms with van der Waals surface area (Å²) in [5.41, 5.74) is -0.0428. The second-order valence-electron chi connectivity index (χ2n) is 12.1. The van der Waals surface area contributed by atoms with Crippen molar-refractivity contribution in [2.24, 2.45) is 0 Å². The zero-order valence-electron chi connectivity index (χ0n) is 24.7. The van der Waals surface area contributed by atoms with Crippen LogP contribution in [0.25, 0.3) is 0 Å². The van der Waals surface area contributed by atoms with Crippen molar-refractivity contribution in [2.45, 2.75) is 96.6 Å². The molecule has 13 nitrogen and oxygen atoms in total. The van der Waals surface area contributed by atoms with Gasteiger partial charge >= 0.3 is 6.09 Å². The van der Waals surface area contributed by atoms with Gasteiger partial charge in [-0.1, -0.05) is 6.42 Å². The molecule has 3 saturated heterocycles. The van der Waals surface area contributed by atoms with Crippen molar-refractivity contribution in [3.05, 3.63) is 17.8 Å². The summed E-state index contributed by atoms with van der Waals surface area (Å²) in [4.78, 5) is 24.1. The molecule has 3 fully saturated rings. The molecule has 1 N–H and O–H groups in total. The highest BCUT2D eigenvalue weighted by Crippen LogP contribution is 2.39. The molecule has 0 spiro atoms. The third kappa shape index (κ3) is 6.59. The van der Waals surface area contributed by atoms with E-state index in [-0.39, 0.29) is 30.0 Å². The summed E-state index contributed by atoms with van der Waals surface area (Å²) in [6, 6.07) is 3.45. The number of carbonyl (C=O) groups is 1. The Morgan fingerprint density at radius 3 is 2.41 bits per heavy atom. The molecule has 0 amide bonds. The molecule has 0 saturated carbocycles. The highest BCUT2D eigenvalue weighted by Gasteiger charge is 2.45. The Labute approximate surface area is 241 Å². The Balaban J connectivity index is 1.39. The highest BCUT2D eigenvalue weighted by molar-refractivity contribution is 7.89. The molecule has 2 aromatic rings. The van der Waals surface area contributed by atoms with Gasteiger partial charge < -0.3 is 24.4 Å². The predicted molar refractivity (Wildman–Crippen MR) is 153 cm³/mol. The van der Waals surface area contributed by atoms with Crippen LogP contribution < -0.4 is 15.0 Å². The summed E-state index contributed by atoms with van der Waals surface area (Å²) in [6.45, 7) is 9.87. The Bertz CT molecular complexity index is 1360. The largest absolute Gasteiger partial charge is 0.469 e. The van der Waals surface area contributed by atoms with Gasteiger partial charge in [-0.15, -0.1) is 5.10 Å². The maximum Gasteiger partial charge on any atom is 0.435 e. The molecule has 0 radical (unpaired) electrons. The van der Waals surface area contributed by atoms with Crippen LogP contribution >= 0.6 is 0 Å². The molecule has 3 aliphatic rings. The van der Waals surface area contributed by atoms with Crippen LogP contribution in [0.5, 0.6) is 5.88 Å². The third-order valence-corrected chi connectivity index (χ3v) is 9.70. The first-order chi connectivity index (χ1) is 19.3. The molecule has 226 valence electrons. The van der Waals surface area contributed by atoms with E-state index >= 15 is 0 Å². The van der Waals surface area contributed by atoms with Gasteiger partial charge in [-0.2, -0.15) is 19.0 Å². The van der Waals surface area contributed by atoms with E-state index in [4.69, 9.17) is 24.2 Å². The van der Waals surface area contributed by atoms with Crippen molar-refractivity contribution in [3.8, 4) is 5.88 Å². The Morgan fingerprint density at radius 2 is 1.83 bits per heavy atom. The molecule has 41 heavy (non-hydrogen) atoms. The van der Waals surface area contributed by atoms with Crippen molar-refractivity contribution >= 4 is 33.7 Å². The Kier molecular flexibility index (Phi) is 8.18. The van der Waals surface area contributed by atoms with Gasteiger partial charge in [0.2, 0.25) is 21.9 Å². The molecule has 0 aromatic carbocycles. The van der Waals surface area contributed by atoms with Gasteiger partial charge in [0, 0.05) is 43.0 Å². The minimum absolute atomic E-state index is 0.0242. The lowest BCUT2D eigenvalue weighted by molar-refractivity contribution is -0.0813. The number of ether oxygens (including phenoxy) is 3. The molecular weight excluding hydrogens is 550 g/mol. The number of carbonyl (C=O) groups excluding carboxylic acids is 1. The van der Waals surface area contributed by atoms with Gasteiger partial charge in [0.1, 0.15) is 17.5 Å². The number of sulfonamides is 1. The average molecular weight is 592 g/mol. The summed E-state index contributed by atoms with van der Waals surface area (Å²) in [5.74, 6) is 1.85. The van der Waals surface area contributed by atoms with Crippen molar-refractivity contribution < 1.29 is 27.4 Å². The van der Waals surface area contributed by atoms with Crippen molar-refractivity contribution in [2.75, 3.05) is 36.2 Å². The maximum atomic E-state index is 12.9. The van der Waals surface area contributed by atoms with E-state index in [9.17, 15) is 13.2 Å². The van der Waals surface area contributed by atoms with E-state index < -0.39 is 21.7 Å². The first-order valence-corrected chi connectivity index (χ1v) is 15.9. The van der Waals surface area contributed by atoms with E-state index in [1.165, 1.54) is 4.68 Å². The van der Waals surface area contributed by atoms with Crippen molar-refractivity contribution in [1.29, 1.82) is 0 Å². The van der Waals surface area contributed by atoms with Crippen LogP contribution in [0, 0.1) is 6.92 Å². The zero-order valence-corrected chi connectivity index (χ0v) is 25.5. The number of hydrogen-bond donors (Lipinski definition) is 1. The van der Waals surface area contributed by atoms with E-state index in [0.29, 0.717) is 55.2 Å². The van der Waals surface area contributed by atoms with E-state index in [1.54, 1.807) is 51.1 Å². The van der Waals surface area contributed by atoms with Gasteiger partial charge in [0.15, 0.2) is 5.82 Å². The van der Waals surface area contributed by atoms with Crippen LogP contribution in [0.15, 0.2) is 12.1 Å². The Morgan fingerprint density at radius 1 is 1.15 bits per heavy atom. The van der Waals surface area contributed by atoms with Gasteiger partial charge in [0.25, 0.3) is 0 Å². The molecule has 0 unspecified atom stereocenters. The second-order valence-corrected chi connectivity index (χ2v) is 14.2. The number of fused-ring (bicyclic) bond motifs is 2. The first-order valence-electron chi connectivity index (χ1n) is 14.3. The number of aryl methyl sites for hydroxylation is 1. The first kappa shape index (κ1) is 29.5. The number of piperidine rings is 2. The van der Waals surface area contributed by atoms with Crippen LogP contribution in [-0.4, -0.2) is 94.4 Å². The molecule has 2 bridgehead atoms. The fourth-order valence-corrected chi connectivity index (χ4v) is 7.29. The number of nitrogens with one attached hydrogen (secondary N) is 1. The summed E-state index contributed by atoms with van der Waals surface area (Å²) in [7, 11) is -1.32. The minimum Gasteiger partial charge on any atom is -0.469 e.